The zero-order valence-electron chi connectivity index (χ0n) is 5.94. The molecule has 0 fully saturated rings. The van der Waals surface area contributed by atoms with Crippen LogP contribution in [0.3, 0.4) is 0 Å². The summed E-state index contributed by atoms with van der Waals surface area (Å²) in [4.78, 5) is 14.3. The van der Waals surface area contributed by atoms with Crippen LogP contribution in [-0.4, -0.2) is 16.0 Å². The lowest BCUT2D eigenvalue weighted by atomic mass is 10.4. The van der Waals surface area contributed by atoms with Crippen LogP contribution < -0.4 is 5.73 Å². The third kappa shape index (κ3) is 1.75. The van der Waals surface area contributed by atoms with Crippen LogP contribution in [0.25, 0.3) is 0 Å². The van der Waals surface area contributed by atoms with Gasteiger partial charge in [-0.1, -0.05) is 0 Å². The van der Waals surface area contributed by atoms with Gasteiger partial charge in [-0.05, 0) is 6.92 Å². The second-order valence-electron chi connectivity index (χ2n) is 2.11. The van der Waals surface area contributed by atoms with Crippen LogP contribution in [0, 0.1) is 0 Å². The van der Waals surface area contributed by atoms with Crippen LogP contribution in [0.5, 0.6) is 0 Å². The lowest BCUT2D eigenvalue weighted by molar-refractivity contribution is 0.0995. The number of carbonyl (C=O) groups is 1. The summed E-state index contributed by atoms with van der Waals surface area (Å²) < 4.78 is 0. The van der Waals surface area contributed by atoms with E-state index in [0.717, 1.165) is 0 Å². The third-order valence-electron chi connectivity index (χ3n) is 1.13. The maximum atomic E-state index is 10.5. The Balaban J connectivity index is 2.90. The molecule has 0 aliphatic carbocycles. The zero-order valence-corrected chi connectivity index (χ0v) is 6.76. The monoisotopic (exact) mass is 172 g/mol. The lowest BCUT2D eigenvalue weighted by Crippen LogP contribution is -2.11. The summed E-state index contributed by atoms with van der Waals surface area (Å²) in [5.74, 6) is -0.562. The Morgan fingerprint density at radius 2 is 2.55 bits per heavy atom. The molecular weight excluding hydrogens is 164 g/mol. The minimum absolute atomic E-state index is 0.214. The number of aromatic nitrogens is 1. The van der Waals surface area contributed by atoms with Gasteiger partial charge < -0.3 is 10.8 Å². The first-order valence-electron chi connectivity index (χ1n) is 3.04. The molecule has 0 saturated heterocycles. The summed E-state index contributed by atoms with van der Waals surface area (Å²) in [7, 11) is 0. The molecule has 1 atom stereocenters. The van der Waals surface area contributed by atoms with E-state index in [-0.39, 0.29) is 5.69 Å². The van der Waals surface area contributed by atoms with Gasteiger partial charge in [0.05, 0.1) is 0 Å². The molecule has 1 aromatic heterocycles. The van der Waals surface area contributed by atoms with Crippen molar-refractivity contribution in [2.24, 2.45) is 5.73 Å². The molecule has 0 bridgehead atoms. The van der Waals surface area contributed by atoms with E-state index in [1.807, 2.05) is 0 Å². The first kappa shape index (κ1) is 8.16. The van der Waals surface area contributed by atoms with Crippen molar-refractivity contribution in [3.63, 3.8) is 0 Å². The van der Waals surface area contributed by atoms with E-state index in [9.17, 15) is 4.79 Å². The Hall–Kier alpha value is -0.940. The molecule has 1 rings (SSSR count). The second kappa shape index (κ2) is 2.98. The fraction of sp³-hybridized carbons (Fsp3) is 0.333. The number of carbonyl (C=O) groups excluding carboxylic acids is 1. The van der Waals surface area contributed by atoms with Crippen LogP contribution in [0.15, 0.2) is 5.38 Å². The van der Waals surface area contributed by atoms with Gasteiger partial charge in [0.15, 0.2) is 0 Å². The Morgan fingerprint density at radius 1 is 1.91 bits per heavy atom. The van der Waals surface area contributed by atoms with Crippen LogP contribution >= 0.6 is 11.3 Å². The SMILES string of the molecule is CC(O)c1nc(C(N)=O)cs1. The molecule has 0 aliphatic rings. The van der Waals surface area contributed by atoms with E-state index in [4.69, 9.17) is 10.8 Å². The molecule has 1 aromatic rings. The molecule has 0 aliphatic heterocycles. The molecule has 0 saturated carbocycles. The van der Waals surface area contributed by atoms with E-state index >= 15 is 0 Å². The summed E-state index contributed by atoms with van der Waals surface area (Å²) in [6.07, 6.45) is -0.631. The summed E-state index contributed by atoms with van der Waals surface area (Å²) >= 11 is 1.22. The van der Waals surface area contributed by atoms with E-state index < -0.39 is 12.0 Å². The topological polar surface area (TPSA) is 76.2 Å². The summed E-state index contributed by atoms with van der Waals surface area (Å²) in [6.45, 7) is 1.59. The average molecular weight is 172 g/mol. The van der Waals surface area contributed by atoms with Gasteiger partial charge in [-0.25, -0.2) is 4.98 Å². The highest BCUT2D eigenvalue weighted by Gasteiger charge is 2.09. The highest BCUT2D eigenvalue weighted by molar-refractivity contribution is 7.09. The minimum Gasteiger partial charge on any atom is -0.386 e. The molecule has 0 radical (unpaired) electrons. The van der Waals surface area contributed by atoms with Gasteiger partial charge in [0, 0.05) is 5.38 Å². The van der Waals surface area contributed by atoms with Crippen LogP contribution in [0.2, 0.25) is 0 Å². The van der Waals surface area contributed by atoms with Crippen LogP contribution in [-0.2, 0) is 0 Å². The van der Waals surface area contributed by atoms with Gasteiger partial charge in [0.1, 0.15) is 16.8 Å². The summed E-state index contributed by atoms with van der Waals surface area (Å²) in [5, 5.41) is 11.1. The number of aliphatic hydroxyl groups is 1. The highest BCUT2D eigenvalue weighted by Crippen LogP contribution is 2.16. The Labute approximate surface area is 67.7 Å². The fourth-order valence-corrected chi connectivity index (χ4v) is 1.34. The Kier molecular flexibility index (Phi) is 2.21. The molecule has 4 nitrogen and oxygen atoms in total. The number of rotatable bonds is 2. The predicted octanol–water partition coefficient (Wildman–Crippen LogP) is 0.295. The number of primary amides is 1. The number of nitrogens with two attached hydrogens (primary N) is 1. The zero-order chi connectivity index (χ0) is 8.43. The van der Waals surface area contributed by atoms with E-state index in [1.54, 1.807) is 6.92 Å². The first-order valence-corrected chi connectivity index (χ1v) is 3.92. The smallest absolute Gasteiger partial charge is 0.268 e. The largest absolute Gasteiger partial charge is 0.386 e. The normalized spacial score (nSPS) is 12.9. The second-order valence-corrected chi connectivity index (χ2v) is 3.00. The highest BCUT2D eigenvalue weighted by atomic mass is 32.1. The Morgan fingerprint density at radius 3 is 2.82 bits per heavy atom. The lowest BCUT2D eigenvalue weighted by Gasteiger charge is -1.94. The maximum Gasteiger partial charge on any atom is 0.268 e. The summed E-state index contributed by atoms with van der Waals surface area (Å²) in [5.41, 5.74) is 5.16. The molecular formula is C6H8N2O2S. The third-order valence-corrected chi connectivity index (χ3v) is 2.15. The number of amides is 1. The van der Waals surface area contributed by atoms with Crippen molar-refractivity contribution >= 4 is 17.2 Å². The molecule has 0 aromatic carbocycles. The van der Waals surface area contributed by atoms with E-state index in [0.29, 0.717) is 5.01 Å². The molecule has 60 valence electrons. The van der Waals surface area contributed by atoms with Crippen molar-refractivity contribution in [1.82, 2.24) is 4.98 Å². The minimum atomic E-state index is -0.631. The van der Waals surface area contributed by atoms with E-state index in [1.165, 1.54) is 16.7 Å². The van der Waals surface area contributed by atoms with Gasteiger partial charge in [0.25, 0.3) is 5.91 Å². The standard InChI is InChI=1S/C6H8N2O2S/c1-3(9)6-8-4(2-11-6)5(7)10/h2-3,9H,1H3,(H2,7,10). The van der Waals surface area contributed by atoms with Crippen molar-refractivity contribution in [2.75, 3.05) is 0 Å². The van der Waals surface area contributed by atoms with E-state index in [2.05, 4.69) is 4.98 Å². The molecule has 1 unspecified atom stereocenters. The maximum absolute atomic E-state index is 10.5. The summed E-state index contributed by atoms with van der Waals surface area (Å²) in [6, 6.07) is 0. The van der Waals surface area contributed by atoms with Gasteiger partial charge >= 0.3 is 0 Å². The number of aliphatic hydroxyl groups excluding tert-OH is 1. The van der Waals surface area contributed by atoms with Gasteiger partial charge in [-0.3, -0.25) is 4.79 Å². The van der Waals surface area contributed by atoms with Crippen LogP contribution in [0.1, 0.15) is 28.5 Å². The van der Waals surface area contributed by atoms with Gasteiger partial charge in [-0.2, -0.15) is 0 Å². The van der Waals surface area contributed by atoms with Crippen LogP contribution in [0.4, 0.5) is 0 Å². The predicted molar refractivity (Wildman–Crippen MR) is 41.3 cm³/mol. The molecule has 1 heterocycles. The quantitative estimate of drug-likeness (QED) is 0.673. The van der Waals surface area contributed by atoms with Crippen molar-refractivity contribution in [3.8, 4) is 0 Å². The molecule has 3 N–H and O–H groups in total. The fourth-order valence-electron chi connectivity index (χ4n) is 0.593. The molecule has 5 heteroatoms. The van der Waals surface area contributed by atoms with Gasteiger partial charge in [-0.15, -0.1) is 11.3 Å². The number of hydrogen-bond acceptors (Lipinski definition) is 4. The number of hydrogen-bond donors (Lipinski definition) is 2. The van der Waals surface area contributed by atoms with Crippen molar-refractivity contribution in [2.45, 2.75) is 13.0 Å². The molecule has 1 amide bonds. The molecule has 0 spiro atoms. The number of nitrogens with zero attached hydrogens (tertiary/aromatic N) is 1. The van der Waals surface area contributed by atoms with Crippen molar-refractivity contribution in [3.05, 3.63) is 16.1 Å². The molecule has 11 heavy (non-hydrogen) atoms. The first-order chi connectivity index (χ1) is 5.11. The average Bonchev–Trinajstić information content (AvgIpc) is 2.33. The Bertz CT molecular complexity index is 269. The number of thiazole rings is 1. The van der Waals surface area contributed by atoms with Gasteiger partial charge in [0.2, 0.25) is 0 Å². The van der Waals surface area contributed by atoms with Crippen molar-refractivity contribution < 1.29 is 9.90 Å². The van der Waals surface area contributed by atoms with Crippen molar-refractivity contribution in [1.29, 1.82) is 0 Å².